The van der Waals surface area contributed by atoms with Crippen LogP contribution in [0.2, 0.25) is 0 Å². The number of aliphatic hydroxyl groups is 1. The number of rotatable bonds is 1. The van der Waals surface area contributed by atoms with Crippen LogP contribution < -0.4 is 0 Å². The zero-order chi connectivity index (χ0) is 11.7. The van der Waals surface area contributed by atoms with Gasteiger partial charge in [-0.3, -0.25) is 4.98 Å². The zero-order valence-corrected chi connectivity index (χ0v) is 9.69. The predicted molar refractivity (Wildman–Crippen MR) is 67.6 cm³/mol. The lowest BCUT2D eigenvalue weighted by Gasteiger charge is -2.09. The maximum Gasteiger partial charge on any atom is 0.0682 e. The fraction of sp³-hybridized carbons (Fsp3) is 0.267. The molecule has 0 bridgehead atoms. The number of nitrogens with zero attached hydrogens (tertiary/aromatic N) is 1. The minimum Gasteiger partial charge on any atom is -0.392 e. The molecule has 0 saturated carbocycles. The molecular formula is C15H15NO. The van der Waals surface area contributed by atoms with Crippen molar-refractivity contribution >= 4 is 0 Å². The molecule has 1 heterocycles. The van der Waals surface area contributed by atoms with Crippen LogP contribution in [-0.2, 0) is 19.4 Å². The van der Waals surface area contributed by atoms with E-state index in [0.717, 1.165) is 24.8 Å². The summed E-state index contributed by atoms with van der Waals surface area (Å²) in [5.74, 6) is 0. The van der Waals surface area contributed by atoms with Crippen LogP contribution in [0.15, 0.2) is 36.5 Å². The summed E-state index contributed by atoms with van der Waals surface area (Å²) >= 11 is 0. The molecule has 2 aromatic rings. The smallest absolute Gasteiger partial charge is 0.0682 e. The van der Waals surface area contributed by atoms with E-state index in [9.17, 15) is 5.11 Å². The van der Waals surface area contributed by atoms with Gasteiger partial charge < -0.3 is 5.11 Å². The molecular weight excluding hydrogens is 210 g/mol. The van der Waals surface area contributed by atoms with Crippen molar-refractivity contribution in [2.75, 3.05) is 0 Å². The van der Waals surface area contributed by atoms with Gasteiger partial charge in [-0.05, 0) is 48.1 Å². The lowest BCUT2D eigenvalue weighted by atomic mass is 9.97. The second-order valence-electron chi connectivity index (χ2n) is 4.50. The monoisotopic (exact) mass is 225 g/mol. The molecule has 86 valence electrons. The second kappa shape index (κ2) is 4.30. The first-order chi connectivity index (χ1) is 8.38. The Morgan fingerprint density at radius 2 is 2.06 bits per heavy atom. The Balaban J connectivity index is 2.23. The molecule has 0 aliphatic heterocycles. The molecule has 17 heavy (non-hydrogen) atoms. The molecule has 1 N–H and O–H groups in total. The van der Waals surface area contributed by atoms with E-state index in [1.54, 1.807) is 0 Å². The maximum absolute atomic E-state index is 9.24. The molecule has 2 heteroatoms. The van der Waals surface area contributed by atoms with E-state index in [0.29, 0.717) is 0 Å². The van der Waals surface area contributed by atoms with Crippen molar-refractivity contribution < 1.29 is 5.11 Å². The minimum absolute atomic E-state index is 0.100. The van der Waals surface area contributed by atoms with Gasteiger partial charge >= 0.3 is 0 Å². The molecule has 1 aliphatic rings. The molecule has 0 atom stereocenters. The molecule has 1 aliphatic carbocycles. The summed E-state index contributed by atoms with van der Waals surface area (Å²) in [6.07, 6.45) is 5.14. The predicted octanol–water partition coefficient (Wildman–Crippen LogP) is 2.73. The molecule has 1 aromatic carbocycles. The average molecular weight is 225 g/mol. The summed E-state index contributed by atoms with van der Waals surface area (Å²) in [5, 5.41) is 9.24. The normalized spacial score (nSPS) is 13.7. The molecule has 0 spiro atoms. The van der Waals surface area contributed by atoms with E-state index in [4.69, 9.17) is 0 Å². The lowest BCUT2D eigenvalue weighted by Crippen LogP contribution is -1.92. The third-order valence-corrected chi connectivity index (χ3v) is 3.40. The number of aromatic nitrogens is 1. The summed E-state index contributed by atoms with van der Waals surface area (Å²) in [4.78, 5) is 4.47. The second-order valence-corrected chi connectivity index (χ2v) is 4.50. The molecule has 0 saturated heterocycles. The summed E-state index contributed by atoms with van der Waals surface area (Å²) < 4.78 is 0. The number of hydrogen-bond acceptors (Lipinski definition) is 2. The van der Waals surface area contributed by atoms with Gasteiger partial charge in [-0.25, -0.2) is 0 Å². The molecule has 2 nitrogen and oxygen atoms in total. The van der Waals surface area contributed by atoms with Gasteiger partial charge in [-0.1, -0.05) is 18.2 Å². The summed E-state index contributed by atoms with van der Waals surface area (Å²) in [6, 6.07) is 10.4. The van der Waals surface area contributed by atoms with Gasteiger partial charge in [0.1, 0.15) is 0 Å². The van der Waals surface area contributed by atoms with Crippen molar-refractivity contribution in [1.82, 2.24) is 4.98 Å². The van der Waals surface area contributed by atoms with Crippen LogP contribution >= 0.6 is 0 Å². The standard InChI is InChI=1S/C15H15NO/c17-10-11-6-7-12-3-1-5-15-13(14(12)9-11)4-2-8-16-15/h2,4,6-9,17H,1,3,5,10H2. The number of benzene rings is 1. The van der Waals surface area contributed by atoms with Crippen molar-refractivity contribution in [2.24, 2.45) is 0 Å². The SMILES string of the molecule is OCc1ccc2c(c1)-c1cccnc1CCC2. The molecule has 0 fully saturated rings. The highest BCUT2D eigenvalue weighted by Gasteiger charge is 2.14. The first kappa shape index (κ1) is 10.5. The fourth-order valence-electron chi connectivity index (χ4n) is 2.52. The van der Waals surface area contributed by atoms with Crippen LogP contribution in [0, 0.1) is 0 Å². The van der Waals surface area contributed by atoms with Crippen molar-refractivity contribution in [2.45, 2.75) is 25.9 Å². The summed E-state index contributed by atoms with van der Waals surface area (Å²) in [5.41, 5.74) is 6.00. The topological polar surface area (TPSA) is 33.1 Å². The minimum atomic E-state index is 0.100. The Morgan fingerprint density at radius 3 is 2.94 bits per heavy atom. The highest BCUT2D eigenvalue weighted by atomic mass is 16.3. The summed E-state index contributed by atoms with van der Waals surface area (Å²) in [7, 11) is 0. The van der Waals surface area contributed by atoms with Crippen LogP contribution in [0.1, 0.15) is 23.2 Å². The highest BCUT2D eigenvalue weighted by molar-refractivity contribution is 5.71. The summed E-state index contributed by atoms with van der Waals surface area (Å²) in [6.45, 7) is 0.100. The first-order valence-corrected chi connectivity index (χ1v) is 6.05. The van der Waals surface area contributed by atoms with Gasteiger partial charge in [-0.2, -0.15) is 0 Å². The van der Waals surface area contributed by atoms with Crippen LogP contribution in [-0.4, -0.2) is 10.1 Å². The number of aryl methyl sites for hydroxylation is 2. The van der Waals surface area contributed by atoms with Crippen LogP contribution in [0.5, 0.6) is 0 Å². The van der Waals surface area contributed by atoms with Gasteiger partial charge in [0.25, 0.3) is 0 Å². The number of aliphatic hydroxyl groups excluding tert-OH is 1. The van der Waals surface area contributed by atoms with Gasteiger partial charge in [0.2, 0.25) is 0 Å². The Morgan fingerprint density at radius 1 is 1.12 bits per heavy atom. The van der Waals surface area contributed by atoms with Crippen molar-refractivity contribution in [1.29, 1.82) is 0 Å². The number of pyridine rings is 1. The Kier molecular flexibility index (Phi) is 2.65. The third-order valence-electron chi connectivity index (χ3n) is 3.40. The van der Waals surface area contributed by atoms with Crippen molar-refractivity contribution in [3.8, 4) is 11.1 Å². The lowest BCUT2D eigenvalue weighted by molar-refractivity contribution is 0.282. The van der Waals surface area contributed by atoms with Crippen molar-refractivity contribution in [3.05, 3.63) is 53.3 Å². The number of fused-ring (bicyclic) bond motifs is 3. The highest BCUT2D eigenvalue weighted by Crippen LogP contribution is 2.31. The zero-order valence-electron chi connectivity index (χ0n) is 9.69. The van der Waals surface area contributed by atoms with E-state index in [1.807, 2.05) is 18.3 Å². The van der Waals surface area contributed by atoms with Gasteiger partial charge in [0.15, 0.2) is 0 Å². The van der Waals surface area contributed by atoms with E-state index in [2.05, 4.69) is 23.2 Å². The van der Waals surface area contributed by atoms with Crippen LogP contribution in [0.3, 0.4) is 0 Å². The quantitative estimate of drug-likeness (QED) is 0.809. The van der Waals surface area contributed by atoms with Crippen molar-refractivity contribution in [3.63, 3.8) is 0 Å². The molecule has 0 amide bonds. The van der Waals surface area contributed by atoms with E-state index >= 15 is 0 Å². The van der Waals surface area contributed by atoms with Gasteiger partial charge in [-0.15, -0.1) is 0 Å². The Hall–Kier alpha value is -1.67. The van der Waals surface area contributed by atoms with E-state index < -0.39 is 0 Å². The fourth-order valence-corrected chi connectivity index (χ4v) is 2.52. The van der Waals surface area contributed by atoms with E-state index in [1.165, 1.54) is 22.4 Å². The Labute approximate surface area is 101 Å². The third kappa shape index (κ3) is 1.85. The first-order valence-electron chi connectivity index (χ1n) is 6.05. The average Bonchev–Trinajstić information content (AvgIpc) is 2.57. The number of hydrogen-bond donors (Lipinski definition) is 1. The largest absolute Gasteiger partial charge is 0.392 e. The molecule has 0 radical (unpaired) electrons. The van der Waals surface area contributed by atoms with Gasteiger partial charge in [0, 0.05) is 17.5 Å². The maximum atomic E-state index is 9.24. The Bertz CT molecular complexity index is 548. The molecule has 1 aromatic heterocycles. The van der Waals surface area contributed by atoms with Gasteiger partial charge in [0.05, 0.1) is 6.61 Å². The van der Waals surface area contributed by atoms with Crippen LogP contribution in [0.4, 0.5) is 0 Å². The molecule has 0 unspecified atom stereocenters. The van der Waals surface area contributed by atoms with E-state index in [-0.39, 0.29) is 6.61 Å². The van der Waals surface area contributed by atoms with Crippen LogP contribution in [0.25, 0.3) is 11.1 Å². The molecule has 3 rings (SSSR count).